The van der Waals surface area contributed by atoms with Gasteiger partial charge in [0.05, 0.1) is 0 Å². The number of primary amides is 1. The highest BCUT2D eigenvalue weighted by Crippen LogP contribution is 2.07. The maximum absolute atomic E-state index is 10.6. The summed E-state index contributed by atoms with van der Waals surface area (Å²) in [7, 11) is 1.66. The van der Waals surface area contributed by atoms with E-state index in [1.54, 1.807) is 13.1 Å². The fourth-order valence-corrected chi connectivity index (χ4v) is 1.12. The highest BCUT2D eigenvalue weighted by molar-refractivity contribution is 9.10. The number of aromatic nitrogens is 2. The van der Waals surface area contributed by atoms with Crippen molar-refractivity contribution in [2.45, 2.75) is 0 Å². The fourth-order valence-electron chi connectivity index (χ4n) is 0.663. The topological polar surface area (TPSA) is 60.9 Å². The number of carbonyl (C=O) groups is 1. The molecule has 0 radical (unpaired) electrons. The largest absolute Gasteiger partial charge is 0.364 e. The van der Waals surface area contributed by atoms with E-state index in [1.807, 2.05) is 0 Å². The molecular formula is C5H6BrN3O. The summed E-state index contributed by atoms with van der Waals surface area (Å²) in [6.07, 6.45) is 0. The zero-order chi connectivity index (χ0) is 7.72. The van der Waals surface area contributed by atoms with Crippen molar-refractivity contribution in [2.75, 3.05) is 0 Å². The molecule has 4 nitrogen and oxygen atoms in total. The van der Waals surface area contributed by atoms with Crippen LogP contribution in [0.4, 0.5) is 0 Å². The molecule has 0 bridgehead atoms. The van der Waals surface area contributed by atoms with Gasteiger partial charge in [0.15, 0.2) is 0 Å². The van der Waals surface area contributed by atoms with Crippen molar-refractivity contribution in [3.63, 3.8) is 0 Å². The number of carbonyl (C=O) groups excluding carboxylic acids is 1. The molecule has 54 valence electrons. The number of hydrogen-bond donors (Lipinski definition) is 1. The number of rotatable bonds is 1. The third-order valence-electron chi connectivity index (χ3n) is 1.10. The minimum absolute atomic E-state index is 0.395. The van der Waals surface area contributed by atoms with Gasteiger partial charge in [0, 0.05) is 13.1 Å². The lowest BCUT2D eigenvalue weighted by atomic mass is 10.4. The van der Waals surface area contributed by atoms with Crippen LogP contribution in [0, 0.1) is 0 Å². The quantitative estimate of drug-likeness (QED) is 0.714. The first-order valence-electron chi connectivity index (χ1n) is 2.60. The van der Waals surface area contributed by atoms with E-state index in [4.69, 9.17) is 5.73 Å². The lowest BCUT2D eigenvalue weighted by Crippen LogP contribution is -2.15. The van der Waals surface area contributed by atoms with Crippen LogP contribution >= 0.6 is 15.9 Å². The van der Waals surface area contributed by atoms with Gasteiger partial charge in [-0.1, -0.05) is 0 Å². The summed E-state index contributed by atoms with van der Waals surface area (Å²) in [6, 6.07) is 1.57. The van der Waals surface area contributed by atoms with Crippen molar-refractivity contribution in [3.05, 3.63) is 16.4 Å². The third kappa shape index (κ3) is 1.18. The van der Waals surface area contributed by atoms with Gasteiger partial charge >= 0.3 is 0 Å². The molecule has 0 saturated carbocycles. The lowest BCUT2D eigenvalue weighted by molar-refractivity contribution is 0.0991. The molecule has 0 saturated heterocycles. The summed E-state index contributed by atoms with van der Waals surface area (Å²) in [5.74, 6) is -0.472. The molecule has 0 aliphatic heterocycles. The summed E-state index contributed by atoms with van der Waals surface area (Å²) < 4.78 is 2.04. The molecule has 0 spiro atoms. The van der Waals surface area contributed by atoms with Crippen LogP contribution < -0.4 is 5.73 Å². The second kappa shape index (κ2) is 2.42. The molecule has 1 rings (SSSR count). The molecule has 0 unspecified atom stereocenters. The van der Waals surface area contributed by atoms with Crippen molar-refractivity contribution in [3.8, 4) is 0 Å². The zero-order valence-corrected chi connectivity index (χ0v) is 6.92. The summed E-state index contributed by atoms with van der Waals surface area (Å²) in [5, 5.41) is 3.86. The van der Waals surface area contributed by atoms with Crippen LogP contribution in [-0.2, 0) is 7.05 Å². The Balaban J connectivity index is 3.15. The van der Waals surface area contributed by atoms with E-state index in [1.165, 1.54) is 4.68 Å². The average Bonchev–Trinajstić information content (AvgIpc) is 2.10. The lowest BCUT2D eigenvalue weighted by Gasteiger charge is -1.91. The third-order valence-corrected chi connectivity index (χ3v) is 1.49. The molecule has 0 aliphatic rings. The SMILES string of the molecule is Cn1nc(Br)cc1C(N)=O. The monoisotopic (exact) mass is 203 g/mol. The number of amides is 1. The van der Waals surface area contributed by atoms with Gasteiger partial charge in [0.25, 0.3) is 5.91 Å². The second-order valence-corrected chi connectivity index (χ2v) is 2.65. The molecule has 1 amide bonds. The average molecular weight is 204 g/mol. The van der Waals surface area contributed by atoms with Crippen molar-refractivity contribution in [2.24, 2.45) is 12.8 Å². The maximum atomic E-state index is 10.6. The minimum atomic E-state index is -0.472. The van der Waals surface area contributed by atoms with Gasteiger partial charge in [0.2, 0.25) is 0 Å². The number of halogens is 1. The summed E-state index contributed by atoms with van der Waals surface area (Å²) in [4.78, 5) is 10.6. The van der Waals surface area contributed by atoms with Crippen molar-refractivity contribution < 1.29 is 4.79 Å². The van der Waals surface area contributed by atoms with Crippen LogP contribution in [0.25, 0.3) is 0 Å². The number of hydrogen-bond acceptors (Lipinski definition) is 2. The van der Waals surface area contributed by atoms with Crippen molar-refractivity contribution in [1.29, 1.82) is 0 Å². The molecule has 0 aromatic carbocycles. The van der Waals surface area contributed by atoms with E-state index in [0.717, 1.165) is 0 Å². The molecule has 1 aromatic heterocycles. The van der Waals surface area contributed by atoms with Gasteiger partial charge < -0.3 is 5.73 Å². The smallest absolute Gasteiger partial charge is 0.267 e. The molecule has 1 heterocycles. The first-order chi connectivity index (χ1) is 4.61. The number of nitrogens with two attached hydrogens (primary N) is 1. The first-order valence-corrected chi connectivity index (χ1v) is 3.40. The Bertz CT molecular complexity index is 268. The predicted octanol–water partition coefficient (Wildman–Crippen LogP) is 0.282. The van der Waals surface area contributed by atoms with Crippen LogP contribution in [0.3, 0.4) is 0 Å². The van der Waals surface area contributed by atoms with Crippen LogP contribution in [0.15, 0.2) is 10.7 Å². The van der Waals surface area contributed by atoms with Gasteiger partial charge in [-0.25, -0.2) is 0 Å². The van der Waals surface area contributed by atoms with Gasteiger partial charge in [0.1, 0.15) is 10.3 Å². The molecule has 0 aliphatic carbocycles. The van der Waals surface area contributed by atoms with Crippen molar-refractivity contribution in [1.82, 2.24) is 9.78 Å². The fraction of sp³-hybridized carbons (Fsp3) is 0.200. The number of nitrogens with zero attached hydrogens (tertiary/aromatic N) is 2. The Morgan fingerprint density at radius 1 is 1.90 bits per heavy atom. The van der Waals surface area contributed by atoms with E-state index in [2.05, 4.69) is 21.0 Å². The predicted molar refractivity (Wildman–Crippen MR) is 39.4 cm³/mol. The molecule has 0 fully saturated rings. The van der Waals surface area contributed by atoms with Crippen molar-refractivity contribution >= 4 is 21.8 Å². The van der Waals surface area contributed by atoms with Gasteiger partial charge in [-0.05, 0) is 15.9 Å². The highest BCUT2D eigenvalue weighted by atomic mass is 79.9. The second-order valence-electron chi connectivity index (χ2n) is 1.84. The Morgan fingerprint density at radius 3 is 2.70 bits per heavy atom. The zero-order valence-electron chi connectivity index (χ0n) is 5.34. The molecule has 5 heteroatoms. The Hall–Kier alpha value is -0.840. The maximum Gasteiger partial charge on any atom is 0.267 e. The van der Waals surface area contributed by atoms with E-state index in [0.29, 0.717) is 10.3 Å². The normalized spacial score (nSPS) is 9.80. The van der Waals surface area contributed by atoms with E-state index in [-0.39, 0.29) is 0 Å². The van der Waals surface area contributed by atoms with Gasteiger partial charge in [-0.2, -0.15) is 5.10 Å². The summed E-state index contributed by atoms with van der Waals surface area (Å²) >= 11 is 3.11. The molecule has 1 aromatic rings. The minimum Gasteiger partial charge on any atom is -0.364 e. The summed E-state index contributed by atoms with van der Waals surface area (Å²) in [5.41, 5.74) is 5.40. The van der Waals surface area contributed by atoms with Crippen LogP contribution in [-0.4, -0.2) is 15.7 Å². The standard InChI is InChI=1S/C5H6BrN3O/c1-9-3(5(7)10)2-4(6)8-9/h2H,1H3,(H2,7,10). The molecule has 10 heavy (non-hydrogen) atoms. The first kappa shape index (κ1) is 7.27. The summed E-state index contributed by atoms with van der Waals surface area (Å²) in [6.45, 7) is 0. The van der Waals surface area contributed by atoms with Gasteiger partial charge in [-0.3, -0.25) is 9.48 Å². The Morgan fingerprint density at radius 2 is 2.50 bits per heavy atom. The van der Waals surface area contributed by atoms with E-state index < -0.39 is 5.91 Å². The van der Waals surface area contributed by atoms with Crippen LogP contribution in [0.2, 0.25) is 0 Å². The van der Waals surface area contributed by atoms with E-state index >= 15 is 0 Å². The molecule has 2 N–H and O–H groups in total. The van der Waals surface area contributed by atoms with Crippen LogP contribution in [0.1, 0.15) is 10.5 Å². The Labute approximate surface area is 66.1 Å². The van der Waals surface area contributed by atoms with Crippen LogP contribution in [0.5, 0.6) is 0 Å². The molecular weight excluding hydrogens is 198 g/mol. The van der Waals surface area contributed by atoms with Gasteiger partial charge in [-0.15, -0.1) is 0 Å². The molecule has 0 atom stereocenters. The number of aryl methyl sites for hydroxylation is 1. The van der Waals surface area contributed by atoms with E-state index in [9.17, 15) is 4.79 Å². The Kier molecular flexibility index (Phi) is 1.76. The highest BCUT2D eigenvalue weighted by Gasteiger charge is 2.06.